The Morgan fingerprint density at radius 3 is 2.42 bits per heavy atom. The van der Waals surface area contributed by atoms with Gasteiger partial charge in [-0.3, -0.25) is 4.79 Å². The van der Waals surface area contributed by atoms with Gasteiger partial charge in [0, 0.05) is 18.6 Å². The van der Waals surface area contributed by atoms with E-state index in [0.717, 1.165) is 12.3 Å². The third-order valence-corrected chi connectivity index (χ3v) is 5.36. The molecule has 2 aliphatic rings. The molecule has 2 fully saturated rings. The molecule has 0 aliphatic heterocycles. The van der Waals surface area contributed by atoms with E-state index in [4.69, 9.17) is 9.47 Å². The fourth-order valence-electron chi connectivity index (χ4n) is 4.23. The number of carboxylic acids is 1. The monoisotopic (exact) mass is 333 g/mol. The summed E-state index contributed by atoms with van der Waals surface area (Å²) in [7, 11) is 2.91. The summed E-state index contributed by atoms with van der Waals surface area (Å²) >= 11 is 0. The lowest BCUT2D eigenvalue weighted by Gasteiger charge is -2.21. The first kappa shape index (κ1) is 16.6. The Morgan fingerprint density at radius 2 is 1.88 bits per heavy atom. The van der Waals surface area contributed by atoms with Crippen LogP contribution in [0, 0.1) is 17.8 Å². The summed E-state index contributed by atoms with van der Waals surface area (Å²) in [6, 6.07) is 2.87. The minimum absolute atomic E-state index is 0.00561. The molecular weight excluding hydrogens is 310 g/mol. The van der Waals surface area contributed by atoms with Crippen LogP contribution in [-0.4, -0.2) is 31.2 Å². The van der Waals surface area contributed by atoms with Crippen LogP contribution in [0.5, 0.6) is 11.5 Å². The van der Waals surface area contributed by atoms with Crippen LogP contribution in [-0.2, 0) is 4.79 Å². The molecule has 3 rings (SSSR count). The zero-order chi connectivity index (χ0) is 17.3. The van der Waals surface area contributed by atoms with Gasteiger partial charge in [0.25, 0.3) is 0 Å². The maximum absolute atomic E-state index is 12.4. The van der Waals surface area contributed by atoms with E-state index in [2.05, 4.69) is 5.32 Å². The van der Waals surface area contributed by atoms with E-state index in [0.29, 0.717) is 29.8 Å². The Bertz CT molecular complexity index is 657. The highest BCUT2D eigenvalue weighted by atomic mass is 16.5. The Balaban J connectivity index is 1.75. The molecule has 1 aromatic rings. The predicted molar refractivity (Wildman–Crippen MR) is 88.7 cm³/mol. The first-order valence-electron chi connectivity index (χ1n) is 8.31. The van der Waals surface area contributed by atoms with Crippen LogP contribution in [0.2, 0.25) is 0 Å². The SMILES string of the molecule is COc1cc(NC(=O)C[C@H]2C[C@@H]3CC[C@@H]2C3)c(C(=O)O)cc1OC. The summed E-state index contributed by atoms with van der Waals surface area (Å²) in [5, 5.41) is 12.1. The van der Waals surface area contributed by atoms with Gasteiger partial charge in [0.1, 0.15) is 0 Å². The number of anilines is 1. The number of rotatable bonds is 6. The van der Waals surface area contributed by atoms with Crippen molar-refractivity contribution in [3.8, 4) is 11.5 Å². The van der Waals surface area contributed by atoms with Crippen molar-refractivity contribution in [3.05, 3.63) is 17.7 Å². The van der Waals surface area contributed by atoms with E-state index in [-0.39, 0.29) is 17.2 Å². The zero-order valence-electron chi connectivity index (χ0n) is 14.0. The smallest absolute Gasteiger partial charge is 0.337 e. The summed E-state index contributed by atoms with van der Waals surface area (Å²) in [6.07, 6.45) is 5.33. The van der Waals surface area contributed by atoms with Crippen LogP contribution in [0.4, 0.5) is 5.69 Å². The van der Waals surface area contributed by atoms with Gasteiger partial charge in [-0.25, -0.2) is 4.79 Å². The van der Waals surface area contributed by atoms with E-state index in [1.165, 1.54) is 45.6 Å². The lowest BCUT2D eigenvalue weighted by atomic mass is 9.86. The molecule has 0 heterocycles. The summed E-state index contributed by atoms with van der Waals surface area (Å²) < 4.78 is 10.3. The van der Waals surface area contributed by atoms with Gasteiger partial charge in [-0.1, -0.05) is 6.42 Å². The summed E-state index contributed by atoms with van der Waals surface area (Å²) in [5.41, 5.74) is 0.238. The largest absolute Gasteiger partial charge is 0.493 e. The molecule has 24 heavy (non-hydrogen) atoms. The second-order valence-electron chi connectivity index (χ2n) is 6.75. The molecule has 2 saturated carbocycles. The van der Waals surface area contributed by atoms with E-state index in [1.807, 2.05) is 0 Å². The molecule has 6 nitrogen and oxygen atoms in total. The standard InChI is InChI=1S/C18H23NO5/c1-23-15-8-13(18(21)22)14(9-16(15)24-2)19-17(20)7-12-6-10-3-4-11(12)5-10/h8-12H,3-7H2,1-2H3,(H,19,20)(H,21,22)/t10-,11-,12-/m1/s1. The number of hydrogen-bond donors (Lipinski definition) is 2. The molecular formula is C18H23NO5. The Hall–Kier alpha value is -2.24. The van der Waals surface area contributed by atoms with Gasteiger partial charge in [-0.15, -0.1) is 0 Å². The first-order valence-corrected chi connectivity index (χ1v) is 8.31. The van der Waals surface area contributed by atoms with Crippen molar-refractivity contribution >= 4 is 17.6 Å². The minimum Gasteiger partial charge on any atom is -0.493 e. The molecule has 0 aromatic heterocycles. The molecule has 0 radical (unpaired) electrons. The fraction of sp³-hybridized carbons (Fsp3) is 0.556. The predicted octanol–water partition coefficient (Wildman–Crippen LogP) is 3.17. The molecule has 6 heteroatoms. The van der Waals surface area contributed by atoms with Crippen LogP contribution in [0.15, 0.2) is 12.1 Å². The molecule has 1 aromatic carbocycles. The van der Waals surface area contributed by atoms with Crippen LogP contribution in [0.25, 0.3) is 0 Å². The lowest BCUT2D eigenvalue weighted by molar-refractivity contribution is -0.117. The van der Waals surface area contributed by atoms with Gasteiger partial charge in [-0.05, 0) is 37.0 Å². The van der Waals surface area contributed by atoms with Gasteiger partial charge >= 0.3 is 5.97 Å². The molecule has 0 unspecified atom stereocenters. The average molecular weight is 333 g/mol. The van der Waals surface area contributed by atoms with Crippen molar-refractivity contribution in [3.63, 3.8) is 0 Å². The van der Waals surface area contributed by atoms with Crippen molar-refractivity contribution in [1.29, 1.82) is 0 Å². The second kappa shape index (κ2) is 6.71. The number of hydrogen-bond acceptors (Lipinski definition) is 4. The number of ether oxygens (including phenoxy) is 2. The maximum atomic E-state index is 12.4. The molecule has 2 N–H and O–H groups in total. The number of nitrogens with one attached hydrogen (secondary N) is 1. The highest BCUT2D eigenvalue weighted by Crippen LogP contribution is 2.49. The second-order valence-corrected chi connectivity index (χ2v) is 6.75. The number of carbonyl (C=O) groups is 2. The van der Waals surface area contributed by atoms with E-state index in [9.17, 15) is 14.7 Å². The first-order chi connectivity index (χ1) is 11.5. The molecule has 1 amide bonds. The Morgan fingerprint density at radius 1 is 1.17 bits per heavy atom. The molecule has 0 saturated heterocycles. The fourth-order valence-corrected chi connectivity index (χ4v) is 4.23. The van der Waals surface area contributed by atoms with Crippen molar-refractivity contribution in [2.24, 2.45) is 17.8 Å². The quantitative estimate of drug-likeness (QED) is 0.835. The van der Waals surface area contributed by atoms with Crippen molar-refractivity contribution < 1.29 is 24.2 Å². The highest BCUT2D eigenvalue weighted by molar-refractivity contribution is 6.01. The molecule has 0 spiro atoms. The van der Waals surface area contributed by atoms with Crippen LogP contribution < -0.4 is 14.8 Å². The topological polar surface area (TPSA) is 84.9 Å². The number of benzene rings is 1. The number of aromatic carboxylic acids is 1. The molecule has 3 atom stereocenters. The van der Waals surface area contributed by atoms with Crippen LogP contribution in [0.3, 0.4) is 0 Å². The summed E-state index contributed by atoms with van der Waals surface area (Å²) in [5.74, 6) is 1.32. The van der Waals surface area contributed by atoms with E-state index >= 15 is 0 Å². The van der Waals surface area contributed by atoms with Gasteiger partial charge in [0.15, 0.2) is 11.5 Å². The van der Waals surface area contributed by atoms with Crippen molar-refractivity contribution in [2.45, 2.75) is 32.1 Å². The molecule has 2 aliphatic carbocycles. The summed E-state index contributed by atoms with van der Waals surface area (Å²) in [6.45, 7) is 0. The van der Waals surface area contributed by atoms with E-state index in [1.54, 1.807) is 0 Å². The lowest BCUT2D eigenvalue weighted by Crippen LogP contribution is -2.21. The number of carbonyl (C=O) groups excluding carboxylic acids is 1. The number of methoxy groups -OCH3 is 2. The number of fused-ring (bicyclic) bond motifs is 2. The number of carboxylic acid groups (broad SMARTS) is 1. The van der Waals surface area contributed by atoms with Gasteiger partial charge < -0.3 is 19.9 Å². The third-order valence-electron chi connectivity index (χ3n) is 5.36. The van der Waals surface area contributed by atoms with E-state index < -0.39 is 5.97 Å². The third kappa shape index (κ3) is 3.18. The van der Waals surface area contributed by atoms with Gasteiger partial charge in [-0.2, -0.15) is 0 Å². The van der Waals surface area contributed by atoms with Crippen molar-refractivity contribution in [2.75, 3.05) is 19.5 Å². The van der Waals surface area contributed by atoms with Crippen LogP contribution >= 0.6 is 0 Å². The normalized spacial score (nSPS) is 24.7. The Kier molecular flexibility index (Phi) is 4.64. The minimum atomic E-state index is -1.12. The van der Waals surface area contributed by atoms with Gasteiger partial charge in [0.05, 0.1) is 25.5 Å². The van der Waals surface area contributed by atoms with Crippen LogP contribution in [0.1, 0.15) is 42.5 Å². The molecule has 130 valence electrons. The highest BCUT2D eigenvalue weighted by Gasteiger charge is 2.40. The zero-order valence-corrected chi connectivity index (χ0v) is 14.0. The molecule has 2 bridgehead atoms. The summed E-state index contributed by atoms with van der Waals surface area (Å²) in [4.78, 5) is 23.9. The van der Waals surface area contributed by atoms with Gasteiger partial charge in [0.2, 0.25) is 5.91 Å². The van der Waals surface area contributed by atoms with Crippen molar-refractivity contribution in [1.82, 2.24) is 0 Å². The maximum Gasteiger partial charge on any atom is 0.337 e. The number of amides is 1. The average Bonchev–Trinajstić information content (AvgIpc) is 3.16. The Labute approximate surface area is 141 Å².